The summed E-state index contributed by atoms with van der Waals surface area (Å²) in [4.78, 5) is 9.42. The molecule has 2 aromatic heterocycles. The predicted molar refractivity (Wildman–Crippen MR) is 115 cm³/mol. The molecule has 2 atom stereocenters. The number of aromatic nitrogens is 5. The zero-order valence-corrected chi connectivity index (χ0v) is 17.6. The number of nitrogens with one attached hydrogen (secondary N) is 2. The fourth-order valence-electron chi connectivity index (χ4n) is 3.50. The Balaban J connectivity index is 1.72. The van der Waals surface area contributed by atoms with E-state index in [4.69, 9.17) is 15.7 Å². The summed E-state index contributed by atoms with van der Waals surface area (Å²) >= 11 is 3.46. The fourth-order valence-corrected chi connectivity index (χ4v) is 3.77. The summed E-state index contributed by atoms with van der Waals surface area (Å²) in [6.07, 6.45) is 4.40. The van der Waals surface area contributed by atoms with E-state index < -0.39 is 0 Å². The van der Waals surface area contributed by atoms with Crippen LogP contribution in [-0.2, 0) is 0 Å². The van der Waals surface area contributed by atoms with Crippen LogP contribution in [0.3, 0.4) is 0 Å². The van der Waals surface area contributed by atoms with Crippen molar-refractivity contribution in [1.82, 2.24) is 25.0 Å². The van der Waals surface area contributed by atoms with Crippen LogP contribution in [0.25, 0.3) is 11.2 Å². The molecule has 0 aliphatic heterocycles. The second kappa shape index (κ2) is 8.00. The first-order chi connectivity index (χ1) is 13.5. The lowest BCUT2D eigenvalue weighted by Gasteiger charge is -2.29. The molecule has 3 aromatic rings. The highest BCUT2D eigenvalue weighted by atomic mass is 79.9. The van der Waals surface area contributed by atoms with Crippen molar-refractivity contribution in [3.05, 3.63) is 28.7 Å². The molecule has 1 fully saturated rings. The predicted octanol–water partition coefficient (Wildman–Crippen LogP) is 3.99. The van der Waals surface area contributed by atoms with Crippen molar-refractivity contribution in [2.75, 3.05) is 10.6 Å². The largest absolute Gasteiger partial charge is 0.350 e. The first-order valence-electron chi connectivity index (χ1n) is 9.69. The molecule has 1 aliphatic rings. The third kappa shape index (κ3) is 3.95. The Morgan fingerprint density at radius 2 is 1.89 bits per heavy atom. The Hall–Kier alpha value is -2.26. The average molecular weight is 445 g/mol. The number of benzene rings is 1. The van der Waals surface area contributed by atoms with Gasteiger partial charge in [0.1, 0.15) is 0 Å². The number of hydrogen-bond donors (Lipinski definition) is 3. The highest BCUT2D eigenvalue weighted by Gasteiger charge is 2.24. The van der Waals surface area contributed by atoms with Crippen LogP contribution in [0.15, 0.2) is 28.7 Å². The second-order valence-electron chi connectivity index (χ2n) is 7.53. The van der Waals surface area contributed by atoms with Gasteiger partial charge in [0.25, 0.3) is 0 Å². The molecular weight excluding hydrogens is 420 g/mol. The molecule has 0 spiro atoms. The lowest BCUT2D eigenvalue weighted by molar-refractivity contribution is 0.402. The summed E-state index contributed by atoms with van der Waals surface area (Å²) in [5, 5.41) is 15.4. The van der Waals surface area contributed by atoms with Crippen LogP contribution in [0.1, 0.15) is 45.6 Å². The van der Waals surface area contributed by atoms with Crippen LogP contribution in [0.5, 0.6) is 0 Å². The normalized spacial score (nSPS) is 19.9. The zero-order valence-electron chi connectivity index (χ0n) is 16.1. The van der Waals surface area contributed by atoms with Crippen molar-refractivity contribution in [3.8, 4) is 0 Å². The van der Waals surface area contributed by atoms with E-state index in [2.05, 4.69) is 50.7 Å². The van der Waals surface area contributed by atoms with Gasteiger partial charge in [0.05, 0.1) is 6.04 Å². The lowest BCUT2D eigenvalue weighted by atomic mass is 9.91. The number of rotatable bonds is 5. The van der Waals surface area contributed by atoms with E-state index in [-0.39, 0.29) is 18.1 Å². The zero-order chi connectivity index (χ0) is 19.7. The van der Waals surface area contributed by atoms with Crippen LogP contribution in [0.4, 0.5) is 17.5 Å². The third-order valence-electron chi connectivity index (χ3n) is 5.05. The van der Waals surface area contributed by atoms with E-state index >= 15 is 0 Å². The topological polar surface area (TPSA) is 107 Å². The van der Waals surface area contributed by atoms with Gasteiger partial charge >= 0.3 is 0 Å². The molecule has 2 unspecified atom stereocenters. The van der Waals surface area contributed by atoms with Gasteiger partial charge in [-0.25, -0.2) is 4.68 Å². The number of nitrogens with zero attached hydrogens (tertiary/aromatic N) is 5. The summed E-state index contributed by atoms with van der Waals surface area (Å²) in [6, 6.07) is 8.35. The van der Waals surface area contributed by atoms with Gasteiger partial charge in [-0.05, 0) is 51.0 Å². The van der Waals surface area contributed by atoms with Crippen molar-refractivity contribution in [2.45, 2.75) is 57.7 Å². The molecule has 8 nitrogen and oxygen atoms in total. The van der Waals surface area contributed by atoms with Gasteiger partial charge in [0.15, 0.2) is 17.0 Å². The highest BCUT2D eigenvalue weighted by Crippen LogP contribution is 2.27. The molecule has 4 rings (SSSR count). The van der Waals surface area contributed by atoms with Crippen molar-refractivity contribution in [3.63, 3.8) is 0 Å². The SMILES string of the molecule is CC(C)n1nnc2c(Nc3ccc(Br)cc3)nc(NC3CCCCC3N)nc21. The first-order valence-corrected chi connectivity index (χ1v) is 10.5. The van der Waals surface area contributed by atoms with Gasteiger partial charge in [-0.3, -0.25) is 0 Å². The Kier molecular flexibility index (Phi) is 5.45. The Morgan fingerprint density at radius 1 is 1.14 bits per heavy atom. The summed E-state index contributed by atoms with van der Waals surface area (Å²) < 4.78 is 2.83. The van der Waals surface area contributed by atoms with Crippen LogP contribution in [0.2, 0.25) is 0 Å². The smallest absolute Gasteiger partial charge is 0.227 e. The maximum Gasteiger partial charge on any atom is 0.227 e. The van der Waals surface area contributed by atoms with E-state index in [1.807, 2.05) is 28.9 Å². The molecule has 2 heterocycles. The molecule has 0 radical (unpaired) electrons. The Bertz CT molecular complexity index is 952. The molecule has 1 aliphatic carbocycles. The van der Waals surface area contributed by atoms with Crippen LogP contribution in [-0.4, -0.2) is 37.0 Å². The summed E-state index contributed by atoms with van der Waals surface area (Å²) in [5.41, 5.74) is 8.58. The van der Waals surface area contributed by atoms with Gasteiger partial charge in [-0.1, -0.05) is 34.0 Å². The van der Waals surface area contributed by atoms with Crippen molar-refractivity contribution in [1.29, 1.82) is 0 Å². The van der Waals surface area contributed by atoms with Gasteiger partial charge in [-0.2, -0.15) is 9.97 Å². The van der Waals surface area contributed by atoms with Crippen LogP contribution in [0, 0.1) is 0 Å². The summed E-state index contributed by atoms with van der Waals surface area (Å²) in [6.45, 7) is 4.12. The molecule has 9 heteroatoms. The maximum atomic E-state index is 6.31. The van der Waals surface area contributed by atoms with Gasteiger partial charge < -0.3 is 16.4 Å². The molecule has 0 saturated heterocycles. The molecule has 4 N–H and O–H groups in total. The van der Waals surface area contributed by atoms with Crippen LogP contribution < -0.4 is 16.4 Å². The van der Waals surface area contributed by atoms with Crippen molar-refractivity contribution < 1.29 is 0 Å². The number of hydrogen-bond acceptors (Lipinski definition) is 7. The van der Waals surface area contributed by atoms with Gasteiger partial charge in [0.2, 0.25) is 5.95 Å². The van der Waals surface area contributed by atoms with E-state index in [0.717, 1.165) is 23.0 Å². The summed E-state index contributed by atoms with van der Waals surface area (Å²) in [5.74, 6) is 1.18. The van der Waals surface area contributed by atoms with Crippen molar-refractivity contribution in [2.24, 2.45) is 5.73 Å². The highest BCUT2D eigenvalue weighted by molar-refractivity contribution is 9.10. The number of halogens is 1. The Morgan fingerprint density at radius 3 is 2.61 bits per heavy atom. The lowest BCUT2D eigenvalue weighted by Crippen LogP contribution is -2.43. The van der Waals surface area contributed by atoms with E-state index in [1.54, 1.807) is 0 Å². The minimum Gasteiger partial charge on any atom is -0.350 e. The Labute approximate surface area is 172 Å². The molecule has 148 valence electrons. The molecular formula is C19H25BrN8. The molecule has 0 bridgehead atoms. The number of fused-ring (bicyclic) bond motifs is 1. The molecule has 0 amide bonds. The second-order valence-corrected chi connectivity index (χ2v) is 8.44. The number of anilines is 3. The summed E-state index contributed by atoms with van der Waals surface area (Å²) in [7, 11) is 0. The molecule has 28 heavy (non-hydrogen) atoms. The van der Waals surface area contributed by atoms with Crippen molar-refractivity contribution >= 4 is 44.5 Å². The first kappa shape index (κ1) is 19.1. The third-order valence-corrected chi connectivity index (χ3v) is 5.58. The number of nitrogens with two attached hydrogens (primary N) is 1. The minimum atomic E-state index is 0.115. The monoisotopic (exact) mass is 444 g/mol. The fraction of sp³-hybridized carbons (Fsp3) is 0.474. The quantitative estimate of drug-likeness (QED) is 0.545. The minimum absolute atomic E-state index is 0.115. The maximum absolute atomic E-state index is 6.31. The van der Waals surface area contributed by atoms with E-state index in [0.29, 0.717) is 22.9 Å². The van der Waals surface area contributed by atoms with Crippen LogP contribution >= 0.6 is 15.9 Å². The van der Waals surface area contributed by atoms with E-state index in [1.165, 1.54) is 12.8 Å². The standard InChI is InChI=1S/C19H25BrN8/c1-11(2)28-18-16(26-27-28)17(22-13-9-7-12(20)8-10-13)24-19(25-18)23-15-6-4-3-5-14(15)21/h7-11,14-15H,3-6,21H2,1-2H3,(H2,22,23,24,25). The molecule has 1 aromatic carbocycles. The van der Waals surface area contributed by atoms with Gasteiger partial charge in [0, 0.05) is 22.2 Å². The average Bonchev–Trinajstić information content (AvgIpc) is 3.10. The molecule has 1 saturated carbocycles. The van der Waals surface area contributed by atoms with E-state index in [9.17, 15) is 0 Å². The van der Waals surface area contributed by atoms with Gasteiger partial charge in [-0.15, -0.1) is 5.10 Å².